The maximum Gasteiger partial charge on any atom is 0.252 e. The summed E-state index contributed by atoms with van der Waals surface area (Å²) in [7, 11) is 1.66. The molecule has 0 bridgehead atoms. The van der Waals surface area contributed by atoms with Gasteiger partial charge in [-0.2, -0.15) is 4.98 Å². The number of imidazole rings is 1. The van der Waals surface area contributed by atoms with Gasteiger partial charge in [0, 0.05) is 38.3 Å². The lowest BCUT2D eigenvalue weighted by Gasteiger charge is -2.49. The summed E-state index contributed by atoms with van der Waals surface area (Å²) >= 11 is 0. The molecule has 1 saturated carbocycles. The van der Waals surface area contributed by atoms with Crippen LogP contribution in [0.4, 0.5) is 20.3 Å². The standard InChI is InChI=1S/C16H18F2N6O/c1-3-11-14(25)22(2)12-8-20-15(23-5-4-19-9-23)21-13(12)24(11)10-6-16(17,18)7-10/h4-5,8-11H,3,6-7H2,1-2H3. The van der Waals surface area contributed by atoms with Crippen molar-refractivity contribution in [3.8, 4) is 5.95 Å². The molecule has 1 amide bonds. The van der Waals surface area contributed by atoms with E-state index in [9.17, 15) is 13.6 Å². The number of halogens is 2. The molecule has 2 aliphatic rings. The summed E-state index contributed by atoms with van der Waals surface area (Å²) in [6.45, 7) is 1.88. The lowest BCUT2D eigenvalue weighted by atomic mass is 9.85. The van der Waals surface area contributed by atoms with Gasteiger partial charge in [-0.15, -0.1) is 0 Å². The van der Waals surface area contributed by atoms with Crippen LogP contribution in [-0.2, 0) is 4.79 Å². The molecule has 2 aromatic heterocycles. The van der Waals surface area contributed by atoms with E-state index in [0.717, 1.165) is 0 Å². The SMILES string of the molecule is CCC1C(=O)N(C)c2cnc(-n3ccnc3)nc2N1C1CC(F)(F)C1. The summed E-state index contributed by atoms with van der Waals surface area (Å²) in [6, 6.07) is -0.897. The van der Waals surface area contributed by atoms with Crippen LogP contribution in [0.1, 0.15) is 26.2 Å². The summed E-state index contributed by atoms with van der Waals surface area (Å²) in [5, 5.41) is 0. The molecule has 0 saturated heterocycles. The number of alkyl halides is 2. The average Bonchev–Trinajstić information content (AvgIpc) is 3.09. The first-order valence-electron chi connectivity index (χ1n) is 8.20. The van der Waals surface area contributed by atoms with Gasteiger partial charge in [0.25, 0.3) is 5.92 Å². The van der Waals surface area contributed by atoms with Crippen molar-refractivity contribution in [2.24, 2.45) is 0 Å². The van der Waals surface area contributed by atoms with Crippen LogP contribution in [0.15, 0.2) is 24.9 Å². The fourth-order valence-corrected chi connectivity index (χ4v) is 3.52. The molecule has 0 radical (unpaired) electrons. The lowest BCUT2D eigenvalue weighted by Crippen LogP contribution is -2.61. The van der Waals surface area contributed by atoms with E-state index >= 15 is 0 Å². The summed E-state index contributed by atoms with van der Waals surface area (Å²) in [5.74, 6) is -1.88. The van der Waals surface area contributed by atoms with Crippen molar-refractivity contribution in [1.82, 2.24) is 19.5 Å². The number of rotatable bonds is 3. The summed E-state index contributed by atoms with van der Waals surface area (Å²) in [4.78, 5) is 28.8. The first-order chi connectivity index (χ1) is 11.9. The molecule has 25 heavy (non-hydrogen) atoms. The number of amides is 1. The number of likely N-dealkylation sites (N-methyl/N-ethyl adjacent to an activating group) is 1. The van der Waals surface area contributed by atoms with Crippen molar-refractivity contribution < 1.29 is 13.6 Å². The summed E-state index contributed by atoms with van der Waals surface area (Å²) in [5.41, 5.74) is 0.536. The molecule has 1 aliphatic heterocycles. The number of aromatic nitrogens is 4. The third-order valence-corrected chi connectivity index (χ3v) is 4.88. The van der Waals surface area contributed by atoms with Gasteiger partial charge in [-0.1, -0.05) is 6.92 Å². The largest absolute Gasteiger partial charge is 0.339 e. The van der Waals surface area contributed by atoms with Crippen LogP contribution in [0.2, 0.25) is 0 Å². The molecule has 4 rings (SSSR count). The van der Waals surface area contributed by atoms with Crippen molar-refractivity contribution >= 4 is 17.4 Å². The Kier molecular flexibility index (Phi) is 3.48. The van der Waals surface area contributed by atoms with Crippen LogP contribution in [0.3, 0.4) is 0 Å². The number of nitrogens with zero attached hydrogens (tertiary/aromatic N) is 6. The van der Waals surface area contributed by atoms with Gasteiger partial charge in [-0.3, -0.25) is 9.36 Å². The molecular formula is C16H18F2N6O. The Morgan fingerprint density at radius 1 is 1.36 bits per heavy atom. The minimum Gasteiger partial charge on any atom is -0.339 e. The Balaban J connectivity index is 1.81. The van der Waals surface area contributed by atoms with E-state index in [2.05, 4.69) is 15.0 Å². The topological polar surface area (TPSA) is 67.2 Å². The second kappa shape index (κ2) is 5.47. The monoisotopic (exact) mass is 348 g/mol. The van der Waals surface area contributed by atoms with Gasteiger partial charge in [0.15, 0.2) is 5.82 Å². The number of carbonyl (C=O) groups excluding carboxylic acids is 1. The van der Waals surface area contributed by atoms with E-state index in [1.54, 1.807) is 41.4 Å². The lowest BCUT2D eigenvalue weighted by molar-refractivity contribution is -0.122. The Morgan fingerprint density at radius 3 is 2.72 bits per heavy atom. The fourth-order valence-electron chi connectivity index (χ4n) is 3.52. The highest BCUT2D eigenvalue weighted by atomic mass is 19.3. The molecule has 132 valence electrons. The number of hydrogen-bond donors (Lipinski definition) is 0. The highest BCUT2D eigenvalue weighted by Crippen LogP contribution is 2.46. The molecule has 0 spiro atoms. The Morgan fingerprint density at radius 2 is 2.12 bits per heavy atom. The smallest absolute Gasteiger partial charge is 0.252 e. The normalized spacial score (nSPS) is 22.7. The van der Waals surface area contributed by atoms with Gasteiger partial charge in [0.1, 0.15) is 18.1 Å². The van der Waals surface area contributed by atoms with E-state index in [1.165, 1.54) is 4.90 Å². The predicted octanol–water partition coefficient (Wildman–Crippen LogP) is 2.02. The second-order valence-electron chi connectivity index (χ2n) is 6.50. The average molecular weight is 348 g/mol. The minimum atomic E-state index is -2.67. The first kappa shape index (κ1) is 15.9. The quantitative estimate of drug-likeness (QED) is 0.849. The maximum absolute atomic E-state index is 13.5. The molecular weight excluding hydrogens is 330 g/mol. The van der Waals surface area contributed by atoms with Gasteiger partial charge in [0.2, 0.25) is 11.9 Å². The first-order valence-corrected chi connectivity index (χ1v) is 8.20. The number of anilines is 2. The Labute approximate surface area is 143 Å². The van der Waals surface area contributed by atoms with Crippen LogP contribution < -0.4 is 9.80 Å². The molecule has 1 atom stereocenters. The second-order valence-corrected chi connectivity index (χ2v) is 6.50. The Hall–Kier alpha value is -2.58. The molecule has 1 fully saturated rings. The number of fused-ring (bicyclic) bond motifs is 1. The zero-order valence-electron chi connectivity index (χ0n) is 13.9. The Bertz CT molecular complexity index is 801. The molecule has 3 heterocycles. The van der Waals surface area contributed by atoms with E-state index in [4.69, 9.17) is 0 Å². The summed E-state index contributed by atoms with van der Waals surface area (Å²) < 4.78 is 28.6. The van der Waals surface area contributed by atoms with Crippen molar-refractivity contribution in [1.29, 1.82) is 0 Å². The zero-order chi connectivity index (χ0) is 17.8. The van der Waals surface area contributed by atoms with Gasteiger partial charge >= 0.3 is 0 Å². The number of hydrogen-bond acceptors (Lipinski definition) is 5. The molecule has 7 nitrogen and oxygen atoms in total. The third kappa shape index (κ3) is 2.45. The van der Waals surface area contributed by atoms with Crippen LogP contribution in [-0.4, -0.2) is 50.5 Å². The maximum atomic E-state index is 13.5. The zero-order valence-corrected chi connectivity index (χ0v) is 13.9. The van der Waals surface area contributed by atoms with Crippen molar-refractivity contribution in [3.63, 3.8) is 0 Å². The van der Waals surface area contributed by atoms with Crippen molar-refractivity contribution in [2.45, 2.75) is 44.2 Å². The van der Waals surface area contributed by atoms with Crippen molar-refractivity contribution in [2.75, 3.05) is 16.8 Å². The molecule has 1 unspecified atom stereocenters. The van der Waals surface area contributed by atoms with E-state index in [0.29, 0.717) is 23.9 Å². The van der Waals surface area contributed by atoms with Crippen LogP contribution in [0.25, 0.3) is 5.95 Å². The van der Waals surface area contributed by atoms with Crippen LogP contribution in [0.5, 0.6) is 0 Å². The predicted molar refractivity (Wildman–Crippen MR) is 87.1 cm³/mol. The highest BCUT2D eigenvalue weighted by molar-refractivity contribution is 6.04. The number of carbonyl (C=O) groups is 1. The van der Waals surface area contributed by atoms with Gasteiger partial charge < -0.3 is 9.80 Å². The molecule has 2 aromatic rings. The van der Waals surface area contributed by atoms with E-state index < -0.39 is 18.0 Å². The molecule has 1 aliphatic carbocycles. The van der Waals surface area contributed by atoms with Gasteiger partial charge in [-0.05, 0) is 6.42 Å². The van der Waals surface area contributed by atoms with E-state index in [-0.39, 0.29) is 18.7 Å². The minimum absolute atomic E-state index is 0.121. The summed E-state index contributed by atoms with van der Waals surface area (Å²) in [6.07, 6.45) is 6.45. The van der Waals surface area contributed by atoms with Crippen molar-refractivity contribution in [3.05, 3.63) is 24.9 Å². The van der Waals surface area contributed by atoms with Crippen LogP contribution >= 0.6 is 0 Å². The molecule has 0 aromatic carbocycles. The van der Waals surface area contributed by atoms with Crippen LogP contribution in [0, 0.1) is 0 Å². The van der Waals surface area contributed by atoms with Gasteiger partial charge in [0.05, 0.1) is 6.20 Å². The molecule has 9 heteroatoms. The third-order valence-electron chi connectivity index (χ3n) is 4.88. The highest BCUT2D eigenvalue weighted by Gasteiger charge is 2.52. The molecule has 0 N–H and O–H groups in total. The van der Waals surface area contributed by atoms with Gasteiger partial charge in [-0.25, -0.2) is 18.7 Å². The van der Waals surface area contributed by atoms with E-state index in [1.807, 2.05) is 6.92 Å². The fraction of sp³-hybridized carbons (Fsp3) is 0.500.